The molecule has 10 atom stereocenters. The van der Waals surface area contributed by atoms with Crippen molar-refractivity contribution in [3.05, 3.63) is 29.3 Å². The van der Waals surface area contributed by atoms with Crippen LogP contribution in [0.3, 0.4) is 0 Å². The molecule has 3 amide bonds. The number of likely N-dealkylation sites (N-methyl/N-ethyl adjacent to an activating group) is 3. The number of aryl methyl sites for hydroxylation is 1. The fourth-order valence-electron chi connectivity index (χ4n) is 10.7. The van der Waals surface area contributed by atoms with Crippen molar-refractivity contribution < 1.29 is 28.8 Å². The number of hydrogen-bond acceptors (Lipinski definition) is 10. The van der Waals surface area contributed by atoms with E-state index in [4.69, 9.17) is 0 Å². The smallest absolute Gasteiger partial charge is 0.244 e. The highest BCUT2D eigenvalue weighted by molar-refractivity contribution is 6.07. The summed E-state index contributed by atoms with van der Waals surface area (Å²) in [6.07, 6.45) is 11.8. The molecule has 5 fully saturated rings. The summed E-state index contributed by atoms with van der Waals surface area (Å²) in [4.78, 5) is 78.7. The average Bonchev–Trinajstić information content (AvgIpc) is 3.63. The number of hydrogen-bond donors (Lipinski definition) is 4. The highest BCUT2D eigenvalue weighted by atomic mass is 16.2. The predicted octanol–water partition coefficient (Wildman–Crippen LogP) is 1.93. The maximum absolute atomic E-state index is 12.7. The third kappa shape index (κ3) is 8.17. The molecular formula is C42H63N7O6. The number of carbonyl (C=O) groups is 6. The summed E-state index contributed by atoms with van der Waals surface area (Å²) in [7, 11) is 5.47. The van der Waals surface area contributed by atoms with Gasteiger partial charge in [-0.1, -0.05) is 24.6 Å². The number of fused-ring (bicyclic) bond motifs is 1. The van der Waals surface area contributed by atoms with Crippen molar-refractivity contribution in [3.8, 4) is 0 Å². The zero-order valence-corrected chi connectivity index (χ0v) is 33.7. The van der Waals surface area contributed by atoms with Gasteiger partial charge in [-0.3, -0.25) is 33.7 Å². The van der Waals surface area contributed by atoms with Crippen LogP contribution < -0.4 is 26.2 Å². The third-order valence-electron chi connectivity index (χ3n) is 13.6. The van der Waals surface area contributed by atoms with Gasteiger partial charge in [-0.15, -0.1) is 0 Å². The minimum Gasteiger partial charge on any atom is -0.328 e. The number of carbonyl (C=O) groups excluding carboxylic acids is 6. The zero-order chi connectivity index (χ0) is 39.6. The first-order valence-electron chi connectivity index (χ1n) is 20.7. The van der Waals surface area contributed by atoms with Crippen LogP contribution in [0.2, 0.25) is 0 Å². The SMILES string of the molecule is CNC1CCC2CCCC3CC(C(C)=O)N(C1=O)C23.CNC1CCCC2CNCC(C(C)=O)N2C1=O.CNC1CCc2cccc3c2N(C1=O)C(C(C)=O)C3. The van der Waals surface area contributed by atoms with Gasteiger partial charge in [0.1, 0.15) is 6.04 Å². The van der Waals surface area contributed by atoms with Crippen LogP contribution in [0.1, 0.15) is 96.1 Å². The molecule has 0 aromatic heterocycles. The number of piperazine rings is 1. The van der Waals surface area contributed by atoms with Gasteiger partial charge in [-0.25, -0.2) is 0 Å². The van der Waals surface area contributed by atoms with Crippen LogP contribution in [0, 0.1) is 11.8 Å². The van der Waals surface area contributed by atoms with Crippen LogP contribution in [0.25, 0.3) is 0 Å². The van der Waals surface area contributed by atoms with Gasteiger partial charge in [0.15, 0.2) is 17.3 Å². The Morgan fingerprint density at radius 1 is 0.636 bits per heavy atom. The van der Waals surface area contributed by atoms with Gasteiger partial charge in [0.25, 0.3) is 0 Å². The first-order valence-corrected chi connectivity index (χ1v) is 20.7. The molecule has 0 bridgehead atoms. The lowest BCUT2D eigenvalue weighted by molar-refractivity contribution is -0.144. The molecule has 13 heteroatoms. The maximum Gasteiger partial charge on any atom is 0.244 e. The molecule has 55 heavy (non-hydrogen) atoms. The lowest BCUT2D eigenvalue weighted by Crippen LogP contribution is -2.63. The van der Waals surface area contributed by atoms with Gasteiger partial charge in [0.2, 0.25) is 17.7 Å². The van der Waals surface area contributed by atoms with Gasteiger partial charge in [-0.2, -0.15) is 0 Å². The van der Waals surface area contributed by atoms with Crippen LogP contribution in [0.5, 0.6) is 0 Å². The average molecular weight is 762 g/mol. The molecule has 1 aliphatic carbocycles. The largest absolute Gasteiger partial charge is 0.328 e. The lowest BCUT2D eigenvalue weighted by atomic mass is 9.75. The Hall–Kier alpha value is -3.52. The molecule has 10 unspecified atom stereocenters. The van der Waals surface area contributed by atoms with E-state index in [0.717, 1.165) is 69.2 Å². The Balaban J connectivity index is 0.000000141. The van der Waals surface area contributed by atoms with E-state index in [2.05, 4.69) is 27.3 Å². The Morgan fingerprint density at radius 2 is 1.24 bits per heavy atom. The second-order valence-corrected chi connectivity index (χ2v) is 16.8. The van der Waals surface area contributed by atoms with Gasteiger partial charge in [0, 0.05) is 31.6 Å². The van der Waals surface area contributed by atoms with Crippen LogP contribution in [0.15, 0.2) is 18.2 Å². The summed E-state index contributed by atoms with van der Waals surface area (Å²) in [6.45, 7) is 6.19. The summed E-state index contributed by atoms with van der Waals surface area (Å²) in [5.41, 5.74) is 3.31. The monoisotopic (exact) mass is 761 g/mol. The number of Topliss-reactive ketones (excluding diaryl/α,β-unsaturated/α-hetero) is 3. The Bertz CT molecular complexity index is 1630. The molecule has 302 valence electrons. The Labute approximate surface area is 326 Å². The van der Waals surface area contributed by atoms with Crippen molar-refractivity contribution in [2.45, 2.75) is 146 Å². The van der Waals surface area contributed by atoms with Crippen molar-refractivity contribution in [3.63, 3.8) is 0 Å². The minimum atomic E-state index is -0.322. The number of para-hydroxylation sites is 1. The second kappa shape index (κ2) is 17.7. The van der Waals surface area contributed by atoms with Crippen molar-refractivity contribution in [2.24, 2.45) is 11.8 Å². The third-order valence-corrected chi connectivity index (χ3v) is 13.6. The van der Waals surface area contributed by atoms with E-state index >= 15 is 0 Å². The van der Waals surface area contributed by atoms with Crippen molar-refractivity contribution in [1.82, 2.24) is 31.1 Å². The quantitative estimate of drug-likeness (QED) is 0.338. The van der Waals surface area contributed by atoms with Crippen molar-refractivity contribution >= 4 is 40.8 Å². The number of ketones is 3. The molecule has 8 rings (SSSR count). The molecule has 1 aromatic carbocycles. The number of anilines is 1. The molecule has 6 heterocycles. The first-order chi connectivity index (χ1) is 26.4. The first kappa shape index (κ1) is 41.1. The van der Waals surface area contributed by atoms with Gasteiger partial charge in [-0.05, 0) is 129 Å². The number of nitrogens with one attached hydrogen (secondary N) is 4. The fourth-order valence-corrected chi connectivity index (χ4v) is 10.7. The summed E-state index contributed by atoms with van der Waals surface area (Å²) in [6, 6.07) is 5.48. The van der Waals surface area contributed by atoms with Gasteiger partial charge < -0.3 is 31.1 Å². The molecule has 1 aromatic rings. The normalized spacial score (nSPS) is 33.7. The minimum absolute atomic E-state index is 0.0337. The summed E-state index contributed by atoms with van der Waals surface area (Å²) in [5, 5.41) is 12.5. The van der Waals surface area contributed by atoms with Crippen molar-refractivity contribution in [2.75, 3.05) is 39.1 Å². The van der Waals surface area contributed by atoms with E-state index in [1.54, 1.807) is 32.7 Å². The van der Waals surface area contributed by atoms with Gasteiger partial charge >= 0.3 is 0 Å². The molecule has 4 saturated heterocycles. The van der Waals surface area contributed by atoms with Crippen LogP contribution in [0.4, 0.5) is 5.69 Å². The predicted molar refractivity (Wildman–Crippen MR) is 211 cm³/mol. The van der Waals surface area contributed by atoms with Crippen LogP contribution in [-0.4, -0.2) is 127 Å². The number of nitrogens with zero attached hydrogens (tertiary/aromatic N) is 3. The highest BCUT2D eigenvalue weighted by Crippen LogP contribution is 2.46. The lowest BCUT2D eigenvalue weighted by Gasteiger charge is -2.41. The van der Waals surface area contributed by atoms with E-state index in [0.29, 0.717) is 30.8 Å². The van der Waals surface area contributed by atoms with E-state index in [1.165, 1.54) is 24.8 Å². The van der Waals surface area contributed by atoms with E-state index in [-0.39, 0.29) is 77.4 Å². The van der Waals surface area contributed by atoms with Crippen molar-refractivity contribution in [1.29, 1.82) is 0 Å². The fraction of sp³-hybridized carbons (Fsp3) is 0.714. The summed E-state index contributed by atoms with van der Waals surface area (Å²) in [5.74, 6) is 1.78. The molecule has 6 aliphatic heterocycles. The molecule has 0 spiro atoms. The summed E-state index contributed by atoms with van der Waals surface area (Å²) >= 11 is 0. The number of amides is 3. The molecular weight excluding hydrogens is 699 g/mol. The number of benzene rings is 1. The summed E-state index contributed by atoms with van der Waals surface area (Å²) < 4.78 is 0. The number of rotatable bonds is 6. The van der Waals surface area contributed by atoms with E-state index in [9.17, 15) is 28.8 Å². The van der Waals surface area contributed by atoms with Gasteiger partial charge in [0.05, 0.1) is 35.9 Å². The molecule has 13 nitrogen and oxygen atoms in total. The highest BCUT2D eigenvalue weighted by Gasteiger charge is 2.52. The molecule has 7 aliphatic rings. The zero-order valence-electron chi connectivity index (χ0n) is 33.7. The molecule has 1 saturated carbocycles. The Morgan fingerprint density at radius 3 is 1.91 bits per heavy atom. The molecule has 0 radical (unpaired) electrons. The topological polar surface area (TPSA) is 160 Å². The van der Waals surface area contributed by atoms with E-state index in [1.807, 2.05) is 36.0 Å². The van der Waals surface area contributed by atoms with E-state index < -0.39 is 0 Å². The standard InChI is InChI=1S/C15H24N2O2.C15H18N2O2.C12H21N3O2/c2*1-9(18)13-8-11-5-3-4-10-6-7-12(16-2)15(19)17(13)14(10)11;1-8(16)11-7-14-6-9-4-3-5-10(13-2)12(17)15(9)11/h10-14,16H,3-8H2,1-2H3;3-5,12-13,16H,6-8H2,1-2H3;9-11,13-14H,3-7H2,1-2H3. The van der Waals surface area contributed by atoms with Crippen LogP contribution in [-0.2, 0) is 41.6 Å². The Kier molecular flexibility index (Phi) is 13.3. The molecule has 4 N–H and O–H groups in total. The second-order valence-electron chi connectivity index (χ2n) is 16.8. The maximum atomic E-state index is 12.7. The van der Waals surface area contributed by atoms with Crippen LogP contribution >= 0.6 is 0 Å².